The van der Waals surface area contributed by atoms with Gasteiger partial charge < -0.3 is 21.6 Å². The Balaban J connectivity index is 2.12. The number of benzene rings is 1. The van der Waals surface area contributed by atoms with Crippen LogP contribution in [-0.4, -0.2) is 40.1 Å². The molecule has 0 saturated carbocycles. The van der Waals surface area contributed by atoms with Crippen LogP contribution in [0.2, 0.25) is 0 Å². The van der Waals surface area contributed by atoms with Crippen molar-refractivity contribution in [2.45, 2.75) is 11.7 Å². The lowest BCUT2D eigenvalue weighted by atomic mass is 10.0. The summed E-state index contributed by atoms with van der Waals surface area (Å²) in [6.45, 7) is 0. The highest BCUT2D eigenvalue weighted by atomic mass is 32.2. The summed E-state index contributed by atoms with van der Waals surface area (Å²) in [6.07, 6.45) is 11.7. The topological polar surface area (TPSA) is 141 Å². The predicted molar refractivity (Wildman–Crippen MR) is 121 cm³/mol. The van der Waals surface area contributed by atoms with Crippen LogP contribution in [0.4, 0.5) is 5.69 Å². The molecule has 1 atom stereocenters. The van der Waals surface area contributed by atoms with Gasteiger partial charge in [0.05, 0.1) is 10.9 Å². The van der Waals surface area contributed by atoms with Crippen molar-refractivity contribution in [3.8, 4) is 5.75 Å². The van der Waals surface area contributed by atoms with Gasteiger partial charge in [0.25, 0.3) is 0 Å². The molecule has 156 valence electrons. The summed E-state index contributed by atoms with van der Waals surface area (Å²) in [6, 6.07) is 6.84. The molecule has 6 N–H and O–H groups in total. The van der Waals surface area contributed by atoms with Gasteiger partial charge in [0, 0.05) is 42.1 Å². The van der Waals surface area contributed by atoms with Crippen LogP contribution in [0.25, 0.3) is 11.6 Å². The van der Waals surface area contributed by atoms with E-state index in [1.165, 1.54) is 24.2 Å². The number of pyridine rings is 1. The number of phenolic OH excluding ortho intramolecular Hbond substituents is 1. The number of nitrogens with one attached hydrogen (secondary N) is 3. The second-order valence-electron chi connectivity index (χ2n) is 6.11. The lowest BCUT2D eigenvalue weighted by Gasteiger charge is -2.13. The Morgan fingerprint density at radius 3 is 2.83 bits per heavy atom. The largest absolute Gasteiger partial charge is 0.506 e. The van der Waals surface area contributed by atoms with E-state index in [1.54, 1.807) is 55.2 Å². The highest BCUT2D eigenvalue weighted by Crippen LogP contribution is 2.26. The SMILES string of the molecule is CSC(Cc1ccc(N/C=C/c2cnccc2/C(C=N)=C/N)c(O)c1)C(=O)NC=O. The summed E-state index contributed by atoms with van der Waals surface area (Å²) in [5, 5.41) is 22.5. The molecule has 1 unspecified atom stereocenters. The fourth-order valence-electron chi connectivity index (χ4n) is 2.71. The van der Waals surface area contributed by atoms with Gasteiger partial charge in [0.1, 0.15) is 5.75 Å². The molecule has 0 fully saturated rings. The number of imide groups is 1. The highest BCUT2D eigenvalue weighted by Gasteiger charge is 2.17. The van der Waals surface area contributed by atoms with E-state index < -0.39 is 5.25 Å². The predicted octanol–water partition coefficient (Wildman–Crippen LogP) is 2.37. The Morgan fingerprint density at radius 2 is 2.20 bits per heavy atom. The first-order valence-electron chi connectivity index (χ1n) is 8.92. The van der Waals surface area contributed by atoms with Crippen molar-refractivity contribution in [2.75, 3.05) is 11.6 Å². The van der Waals surface area contributed by atoms with Crippen molar-refractivity contribution in [1.29, 1.82) is 5.41 Å². The van der Waals surface area contributed by atoms with Crippen molar-refractivity contribution in [3.05, 3.63) is 65.7 Å². The van der Waals surface area contributed by atoms with Gasteiger partial charge in [0.2, 0.25) is 12.3 Å². The zero-order chi connectivity index (χ0) is 21.9. The van der Waals surface area contributed by atoms with Crippen molar-refractivity contribution >= 4 is 47.6 Å². The van der Waals surface area contributed by atoms with E-state index >= 15 is 0 Å². The second kappa shape index (κ2) is 11.4. The van der Waals surface area contributed by atoms with Crippen LogP contribution >= 0.6 is 11.8 Å². The van der Waals surface area contributed by atoms with Crippen LogP contribution in [-0.2, 0) is 16.0 Å². The third-order valence-corrected chi connectivity index (χ3v) is 5.21. The van der Waals surface area contributed by atoms with Gasteiger partial charge >= 0.3 is 0 Å². The molecule has 1 aromatic heterocycles. The van der Waals surface area contributed by atoms with Gasteiger partial charge in [-0.25, -0.2) is 0 Å². The number of hydrogen-bond donors (Lipinski definition) is 5. The molecular formula is C21H23N5O3S. The van der Waals surface area contributed by atoms with Gasteiger partial charge in [-0.05, 0) is 48.1 Å². The first-order chi connectivity index (χ1) is 14.5. The average molecular weight is 426 g/mol. The van der Waals surface area contributed by atoms with Crippen LogP contribution in [0.1, 0.15) is 16.7 Å². The molecular weight excluding hydrogens is 402 g/mol. The number of nitrogens with zero attached hydrogens (tertiary/aromatic N) is 1. The fraction of sp³-hybridized carbons (Fsp3) is 0.143. The zero-order valence-electron chi connectivity index (χ0n) is 16.3. The minimum absolute atomic E-state index is 0.0289. The summed E-state index contributed by atoms with van der Waals surface area (Å²) >= 11 is 1.33. The molecule has 1 heterocycles. The normalized spacial score (nSPS) is 12.4. The Labute approximate surface area is 178 Å². The van der Waals surface area contributed by atoms with Crippen LogP contribution in [0, 0.1) is 5.41 Å². The lowest BCUT2D eigenvalue weighted by molar-refractivity contribution is -0.124. The number of rotatable bonds is 10. The molecule has 2 amide bonds. The van der Waals surface area contributed by atoms with Crippen molar-refractivity contribution in [3.63, 3.8) is 0 Å². The maximum absolute atomic E-state index is 11.8. The Bertz CT molecular complexity index is 975. The summed E-state index contributed by atoms with van der Waals surface area (Å²) < 4.78 is 0. The van der Waals surface area contributed by atoms with Crippen LogP contribution in [0.3, 0.4) is 0 Å². The zero-order valence-corrected chi connectivity index (χ0v) is 17.1. The number of allylic oxidation sites excluding steroid dienone is 1. The van der Waals surface area contributed by atoms with E-state index in [9.17, 15) is 14.7 Å². The summed E-state index contributed by atoms with van der Waals surface area (Å²) in [4.78, 5) is 26.4. The second-order valence-corrected chi connectivity index (χ2v) is 7.15. The molecule has 0 bridgehead atoms. The lowest BCUT2D eigenvalue weighted by Crippen LogP contribution is -2.32. The number of amides is 2. The van der Waals surface area contributed by atoms with E-state index in [2.05, 4.69) is 15.6 Å². The van der Waals surface area contributed by atoms with Gasteiger partial charge in [0.15, 0.2) is 0 Å². The monoisotopic (exact) mass is 425 g/mol. The van der Waals surface area contributed by atoms with E-state index in [0.29, 0.717) is 24.1 Å². The fourth-order valence-corrected chi connectivity index (χ4v) is 3.35. The van der Waals surface area contributed by atoms with E-state index in [0.717, 1.165) is 16.7 Å². The van der Waals surface area contributed by atoms with Gasteiger partial charge in [-0.2, -0.15) is 11.8 Å². The third kappa shape index (κ3) is 5.95. The molecule has 30 heavy (non-hydrogen) atoms. The smallest absolute Gasteiger partial charge is 0.239 e. The van der Waals surface area contributed by atoms with Gasteiger partial charge in [-0.15, -0.1) is 0 Å². The minimum atomic E-state index is -0.434. The molecule has 9 heteroatoms. The number of hydrogen-bond acceptors (Lipinski definition) is 8. The molecule has 2 aromatic rings. The maximum Gasteiger partial charge on any atom is 0.239 e. The van der Waals surface area contributed by atoms with Crippen molar-refractivity contribution in [2.24, 2.45) is 5.73 Å². The first-order valence-corrected chi connectivity index (χ1v) is 10.2. The molecule has 0 radical (unpaired) electrons. The van der Waals surface area contributed by atoms with Gasteiger partial charge in [-0.1, -0.05) is 6.07 Å². The molecule has 0 aliphatic heterocycles. The van der Waals surface area contributed by atoms with Crippen LogP contribution in [0.15, 0.2) is 49.1 Å². The number of anilines is 1. The number of aromatic hydroxyl groups is 1. The Hall–Kier alpha value is -3.59. The molecule has 0 aliphatic rings. The van der Waals surface area contributed by atoms with E-state index in [-0.39, 0.29) is 11.7 Å². The number of carbonyl (C=O) groups is 2. The van der Waals surface area contributed by atoms with E-state index in [4.69, 9.17) is 11.1 Å². The van der Waals surface area contributed by atoms with Crippen molar-refractivity contribution in [1.82, 2.24) is 10.3 Å². The Kier molecular flexibility index (Phi) is 8.64. The average Bonchev–Trinajstić information content (AvgIpc) is 2.75. The molecule has 0 aliphatic carbocycles. The first kappa shape index (κ1) is 22.7. The summed E-state index contributed by atoms with van der Waals surface area (Å²) in [7, 11) is 0. The third-order valence-electron chi connectivity index (χ3n) is 4.26. The number of aromatic nitrogens is 1. The minimum Gasteiger partial charge on any atom is -0.506 e. The number of carbonyl (C=O) groups excluding carboxylic acids is 2. The number of nitrogens with two attached hydrogens (primary N) is 1. The van der Waals surface area contributed by atoms with Crippen LogP contribution in [0.5, 0.6) is 5.75 Å². The maximum atomic E-state index is 11.8. The quantitative estimate of drug-likeness (QED) is 0.223. The number of thioether (sulfide) groups is 1. The Morgan fingerprint density at radius 1 is 1.40 bits per heavy atom. The summed E-state index contributed by atoms with van der Waals surface area (Å²) in [5.41, 5.74) is 8.90. The van der Waals surface area contributed by atoms with Crippen LogP contribution < -0.4 is 16.4 Å². The standard InChI is InChI=1S/C21H23N5O3S/c1-30-20(21(29)26-13-27)9-14-2-3-18(19(28)8-14)25-7-4-15-12-24-6-5-17(15)16(10-22)11-23/h2-8,10-13,20,22,25,28H,9,23H2,1H3,(H,26,27,29)/b7-4+,16-11+,22-10?. The number of phenols is 1. The van der Waals surface area contributed by atoms with Gasteiger partial charge in [-0.3, -0.25) is 19.9 Å². The molecule has 2 rings (SSSR count). The molecule has 0 spiro atoms. The van der Waals surface area contributed by atoms with E-state index in [1.807, 2.05) is 0 Å². The molecule has 8 nitrogen and oxygen atoms in total. The molecule has 1 aromatic carbocycles. The molecule has 0 saturated heterocycles. The highest BCUT2D eigenvalue weighted by molar-refractivity contribution is 7.99. The summed E-state index contributed by atoms with van der Waals surface area (Å²) in [5.74, 6) is -0.341. The van der Waals surface area contributed by atoms with Crippen molar-refractivity contribution < 1.29 is 14.7 Å².